The number of aromatic nitrogens is 3. The number of nitrogens with one attached hydrogen (secondary N) is 2. The van der Waals surface area contributed by atoms with Crippen LogP contribution in [-0.4, -0.2) is 34.6 Å². The Kier molecular flexibility index (Phi) is 5.92. The summed E-state index contributed by atoms with van der Waals surface area (Å²) in [6, 6.07) is 7.11. The molecule has 0 saturated carbocycles. The number of urea groups is 1. The Morgan fingerprint density at radius 2 is 1.97 bits per heavy atom. The summed E-state index contributed by atoms with van der Waals surface area (Å²) in [6.07, 6.45) is 1.50. The first-order chi connectivity index (χ1) is 13.8. The number of rotatable bonds is 6. The van der Waals surface area contributed by atoms with Crippen molar-refractivity contribution >= 4 is 30.8 Å². The van der Waals surface area contributed by atoms with Crippen LogP contribution in [0.2, 0.25) is 0 Å². The molecule has 0 spiro atoms. The Hall–Kier alpha value is -3.27. The fourth-order valence-corrected chi connectivity index (χ4v) is 2.84. The number of pyridine rings is 1. The summed E-state index contributed by atoms with van der Waals surface area (Å²) in [5.74, 6) is 0.110. The summed E-state index contributed by atoms with van der Waals surface area (Å²) in [5, 5.41) is 5.19. The zero-order valence-electron chi connectivity index (χ0n) is 15.4. The van der Waals surface area contributed by atoms with Gasteiger partial charge in [0.2, 0.25) is 0 Å². The molecule has 0 unspecified atom stereocenters. The second kappa shape index (κ2) is 8.39. The maximum atomic E-state index is 11.6. The van der Waals surface area contributed by atoms with Crippen molar-refractivity contribution in [1.29, 1.82) is 0 Å². The van der Waals surface area contributed by atoms with E-state index in [1.165, 1.54) is 31.5 Å². The molecule has 3 rings (SSSR count). The van der Waals surface area contributed by atoms with Crippen LogP contribution in [0.4, 0.5) is 10.6 Å². The molecule has 0 fully saturated rings. The van der Waals surface area contributed by atoms with Crippen LogP contribution in [0, 0.1) is 0 Å². The van der Waals surface area contributed by atoms with Crippen LogP contribution < -0.4 is 29.7 Å². The van der Waals surface area contributed by atoms with Crippen LogP contribution in [0.15, 0.2) is 36.5 Å². The molecule has 2 aromatic heterocycles. The lowest BCUT2D eigenvalue weighted by Crippen LogP contribution is -2.28. The lowest BCUT2D eigenvalue weighted by atomic mass is 10.1. The van der Waals surface area contributed by atoms with Gasteiger partial charge in [-0.15, -0.1) is 0 Å². The van der Waals surface area contributed by atoms with E-state index in [2.05, 4.69) is 30.1 Å². The number of methoxy groups -OCH3 is 1. The first kappa shape index (κ1) is 20.5. The molecule has 3 aromatic rings. The molecule has 0 aliphatic heterocycles. The van der Waals surface area contributed by atoms with Crippen molar-refractivity contribution in [3.05, 3.63) is 36.5 Å². The molecule has 2 amide bonds. The first-order valence-electron chi connectivity index (χ1n) is 8.38. The topological polar surface area (TPSA) is 161 Å². The number of amides is 2. The largest absolute Gasteiger partial charge is 0.780 e. The molecule has 29 heavy (non-hydrogen) atoms. The number of phosphoric acid groups is 1. The highest BCUT2D eigenvalue weighted by atomic mass is 31.2. The zero-order valence-corrected chi connectivity index (χ0v) is 16.3. The molecule has 0 atom stereocenters. The highest BCUT2D eigenvalue weighted by Gasteiger charge is 2.11. The molecule has 2 N–H and O–H groups in total. The van der Waals surface area contributed by atoms with Crippen molar-refractivity contribution < 1.29 is 28.4 Å². The number of nitrogens with zero attached hydrogens (tertiary/aromatic N) is 3. The number of carbonyl (C=O) groups excluding carboxylic acids is 1. The lowest BCUT2D eigenvalue weighted by molar-refractivity contribution is -0.333. The Bertz CT molecular complexity index is 1100. The molecule has 0 saturated heterocycles. The fourth-order valence-electron chi connectivity index (χ4n) is 2.45. The number of phosphoric ester groups is 1. The predicted molar refractivity (Wildman–Crippen MR) is 100 cm³/mol. The van der Waals surface area contributed by atoms with E-state index < -0.39 is 13.9 Å². The van der Waals surface area contributed by atoms with E-state index >= 15 is 0 Å². The summed E-state index contributed by atoms with van der Waals surface area (Å²) in [6.45, 7) is 2.27. The van der Waals surface area contributed by atoms with E-state index in [9.17, 15) is 19.1 Å². The Labute approximate surface area is 165 Å². The van der Waals surface area contributed by atoms with Gasteiger partial charge in [-0.1, -0.05) is 0 Å². The first-order valence-corrected chi connectivity index (χ1v) is 9.84. The van der Waals surface area contributed by atoms with Crippen LogP contribution in [0.5, 0.6) is 11.5 Å². The minimum absolute atomic E-state index is 0.0379. The van der Waals surface area contributed by atoms with Crippen molar-refractivity contribution in [1.82, 2.24) is 20.3 Å². The van der Waals surface area contributed by atoms with Crippen LogP contribution in [-0.2, 0) is 4.57 Å². The van der Waals surface area contributed by atoms with E-state index in [1.807, 2.05) is 0 Å². The van der Waals surface area contributed by atoms with Crippen molar-refractivity contribution in [2.45, 2.75) is 6.92 Å². The maximum absolute atomic E-state index is 11.6. The molecular formula is C17H16N5O6P-2. The van der Waals surface area contributed by atoms with Gasteiger partial charge in [-0.25, -0.2) is 14.8 Å². The van der Waals surface area contributed by atoms with Gasteiger partial charge >= 0.3 is 6.03 Å². The van der Waals surface area contributed by atoms with Gasteiger partial charge in [0, 0.05) is 12.1 Å². The zero-order chi connectivity index (χ0) is 21.0. The third-order valence-electron chi connectivity index (χ3n) is 3.66. The fraction of sp³-hybridized carbons (Fsp3) is 0.176. The number of ether oxygens (including phenoxy) is 1. The number of hydrogen-bond acceptors (Lipinski definition) is 9. The van der Waals surface area contributed by atoms with Crippen molar-refractivity contribution in [2.75, 3.05) is 19.0 Å². The van der Waals surface area contributed by atoms with Crippen molar-refractivity contribution in [3.63, 3.8) is 0 Å². The molecule has 0 aliphatic rings. The van der Waals surface area contributed by atoms with Gasteiger partial charge in [0.25, 0.3) is 0 Å². The smallest absolute Gasteiger partial charge is 0.320 e. The second-order valence-corrected chi connectivity index (χ2v) is 6.76. The number of carbonyl (C=O) groups is 1. The summed E-state index contributed by atoms with van der Waals surface area (Å²) >= 11 is 0. The highest BCUT2D eigenvalue weighted by molar-refractivity contribution is 7.43. The Balaban J connectivity index is 1.94. The lowest BCUT2D eigenvalue weighted by Gasteiger charge is -2.29. The predicted octanol–water partition coefficient (Wildman–Crippen LogP) is 1.05. The van der Waals surface area contributed by atoms with Crippen LogP contribution in [0.1, 0.15) is 6.92 Å². The number of anilines is 1. The molecule has 0 aliphatic carbocycles. The van der Waals surface area contributed by atoms with Gasteiger partial charge in [0.15, 0.2) is 17.1 Å². The van der Waals surface area contributed by atoms with Gasteiger partial charge in [-0.05, 0) is 37.3 Å². The Morgan fingerprint density at radius 1 is 1.17 bits per heavy atom. The average molecular weight is 417 g/mol. The standard InChI is InChI=1S/C17H18N5O6P/c1-3-18-17(23)22-15-7-5-11-16(21-15)20-12(9-19-11)10-4-6-13(14(8-10)27-2)28-29(24,25)26/h4-9H,3H2,1-2H3,(H2,24,25,26)(H2,18,20,21,22,23)/p-2. The van der Waals surface area contributed by atoms with Crippen LogP contribution in [0.25, 0.3) is 22.4 Å². The minimum Gasteiger partial charge on any atom is -0.780 e. The van der Waals surface area contributed by atoms with E-state index in [1.54, 1.807) is 19.1 Å². The van der Waals surface area contributed by atoms with Gasteiger partial charge in [0.1, 0.15) is 19.2 Å². The third-order valence-corrected chi connectivity index (χ3v) is 4.08. The normalized spacial score (nSPS) is 11.2. The van der Waals surface area contributed by atoms with E-state index in [4.69, 9.17) is 4.74 Å². The van der Waals surface area contributed by atoms with Gasteiger partial charge in [-0.2, -0.15) is 0 Å². The number of benzene rings is 1. The number of fused-ring (bicyclic) bond motifs is 1. The average Bonchev–Trinajstić information content (AvgIpc) is 2.66. The number of hydrogen-bond donors (Lipinski definition) is 2. The summed E-state index contributed by atoms with van der Waals surface area (Å²) in [7, 11) is -3.92. The van der Waals surface area contributed by atoms with Gasteiger partial charge < -0.3 is 28.9 Å². The SMILES string of the molecule is CCNC(=O)Nc1ccc2ncc(-c3ccc(OP(=O)([O-])[O-])c(OC)c3)nc2n1. The van der Waals surface area contributed by atoms with Gasteiger partial charge in [0.05, 0.1) is 19.0 Å². The molecule has 12 heteroatoms. The summed E-state index contributed by atoms with van der Waals surface area (Å²) < 4.78 is 20.3. The van der Waals surface area contributed by atoms with E-state index in [-0.39, 0.29) is 11.5 Å². The third kappa shape index (κ3) is 5.17. The van der Waals surface area contributed by atoms with Gasteiger partial charge in [-0.3, -0.25) is 10.3 Å². The van der Waals surface area contributed by atoms with E-state index in [0.717, 1.165) is 0 Å². The Morgan fingerprint density at radius 3 is 2.66 bits per heavy atom. The summed E-state index contributed by atoms with van der Waals surface area (Å²) in [5.41, 5.74) is 1.75. The molecule has 1 aromatic carbocycles. The molecule has 152 valence electrons. The minimum atomic E-state index is -5.23. The molecule has 0 radical (unpaired) electrons. The van der Waals surface area contributed by atoms with Crippen LogP contribution in [0.3, 0.4) is 0 Å². The van der Waals surface area contributed by atoms with E-state index in [0.29, 0.717) is 34.8 Å². The molecule has 0 bridgehead atoms. The molecule has 2 heterocycles. The molecule has 11 nitrogen and oxygen atoms in total. The monoisotopic (exact) mass is 417 g/mol. The molecular weight excluding hydrogens is 401 g/mol. The maximum Gasteiger partial charge on any atom is 0.320 e. The van der Waals surface area contributed by atoms with Crippen molar-refractivity contribution in [2.24, 2.45) is 0 Å². The summed E-state index contributed by atoms with van der Waals surface area (Å²) in [4.78, 5) is 46.3. The highest BCUT2D eigenvalue weighted by Crippen LogP contribution is 2.38. The van der Waals surface area contributed by atoms with Crippen LogP contribution >= 0.6 is 7.82 Å². The van der Waals surface area contributed by atoms with Crippen molar-refractivity contribution in [3.8, 4) is 22.8 Å². The second-order valence-electron chi connectivity index (χ2n) is 5.68. The quantitative estimate of drug-likeness (QED) is 0.558.